The summed E-state index contributed by atoms with van der Waals surface area (Å²) < 4.78 is 8.14. The van der Waals surface area contributed by atoms with Crippen molar-refractivity contribution in [2.75, 3.05) is 7.11 Å². The Morgan fingerprint density at radius 2 is 2.19 bits per heavy atom. The number of carbonyl (C=O) groups is 1. The Balaban J connectivity index is 2.38. The van der Waals surface area contributed by atoms with E-state index < -0.39 is 6.04 Å². The highest BCUT2D eigenvalue weighted by Gasteiger charge is 2.12. The lowest BCUT2D eigenvalue weighted by Gasteiger charge is -2.09. The highest BCUT2D eigenvalue weighted by atomic mass is 16.5. The Morgan fingerprint density at radius 3 is 2.81 bits per heavy atom. The average molecular weight is 291 g/mol. The van der Waals surface area contributed by atoms with Gasteiger partial charge >= 0.3 is 0 Å². The number of methoxy groups -OCH3 is 1. The van der Waals surface area contributed by atoms with Crippen LogP contribution in [0.15, 0.2) is 22.4 Å². The highest BCUT2D eigenvalue weighted by Crippen LogP contribution is 2.03. The van der Waals surface area contributed by atoms with E-state index in [2.05, 4.69) is 15.0 Å². The van der Waals surface area contributed by atoms with Gasteiger partial charge in [-0.15, -0.1) is 0 Å². The van der Waals surface area contributed by atoms with Gasteiger partial charge in [0.25, 0.3) is 5.56 Å². The average Bonchev–Trinajstić information content (AvgIpc) is 2.88. The van der Waals surface area contributed by atoms with Crippen molar-refractivity contribution in [3.63, 3.8) is 0 Å². The van der Waals surface area contributed by atoms with Crippen LogP contribution in [-0.4, -0.2) is 44.4 Å². The molecular weight excluding hydrogens is 274 g/mol. The molecule has 2 heterocycles. The second kappa shape index (κ2) is 6.29. The van der Waals surface area contributed by atoms with E-state index in [4.69, 9.17) is 4.74 Å². The highest BCUT2D eigenvalue weighted by molar-refractivity contribution is 5.78. The number of rotatable bonds is 5. The van der Waals surface area contributed by atoms with E-state index in [1.165, 1.54) is 24.3 Å². The molecule has 0 fully saturated rings. The molecule has 21 heavy (non-hydrogen) atoms. The molecule has 0 radical (unpaired) electrons. The van der Waals surface area contributed by atoms with Crippen LogP contribution in [0.1, 0.15) is 13.3 Å². The number of ether oxygens (including phenoxy) is 1. The van der Waals surface area contributed by atoms with Crippen molar-refractivity contribution in [3.8, 4) is 0 Å². The number of aliphatic imine (C=N–C) groups is 1. The van der Waals surface area contributed by atoms with E-state index in [9.17, 15) is 9.59 Å². The summed E-state index contributed by atoms with van der Waals surface area (Å²) in [4.78, 5) is 35.5. The molecule has 8 nitrogen and oxygen atoms in total. The summed E-state index contributed by atoms with van der Waals surface area (Å²) in [7, 11) is 3.19. The van der Waals surface area contributed by atoms with Gasteiger partial charge in [0.1, 0.15) is 25.2 Å². The molecule has 8 heteroatoms. The van der Waals surface area contributed by atoms with Gasteiger partial charge in [-0.1, -0.05) is 6.92 Å². The maximum atomic E-state index is 12.4. The molecule has 0 amide bonds. The number of hydrogen-bond acceptors (Lipinski definition) is 6. The molecule has 0 N–H and O–H groups in total. The summed E-state index contributed by atoms with van der Waals surface area (Å²) in [5.74, 6) is 0.305. The Labute approximate surface area is 121 Å². The molecule has 0 aliphatic carbocycles. The van der Waals surface area contributed by atoms with Gasteiger partial charge in [-0.05, 0) is 6.42 Å². The Kier molecular flexibility index (Phi) is 4.46. The summed E-state index contributed by atoms with van der Waals surface area (Å²) in [5.41, 5.74) is 0.577. The second-order valence-electron chi connectivity index (χ2n) is 4.54. The molecule has 0 saturated carbocycles. The molecule has 2 aromatic rings. The van der Waals surface area contributed by atoms with E-state index >= 15 is 0 Å². The number of aryl methyl sites for hydroxylation is 1. The van der Waals surface area contributed by atoms with Gasteiger partial charge < -0.3 is 14.1 Å². The minimum absolute atomic E-state index is 0.119. The number of aromatic nitrogens is 4. The molecule has 112 valence electrons. The largest absolute Gasteiger partial charge is 0.483 e. The van der Waals surface area contributed by atoms with Crippen LogP contribution in [0.5, 0.6) is 0 Å². The van der Waals surface area contributed by atoms with E-state index in [-0.39, 0.29) is 12.1 Å². The number of fused-ring (bicyclic) bond motifs is 1. The van der Waals surface area contributed by atoms with Gasteiger partial charge in [0.2, 0.25) is 5.90 Å². The molecule has 0 aliphatic heterocycles. The summed E-state index contributed by atoms with van der Waals surface area (Å²) in [6.07, 6.45) is 4.26. The molecule has 0 aromatic carbocycles. The van der Waals surface area contributed by atoms with Gasteiger partial charge in [-0.2, -0.15) is 0 Å². The number of aldehydes is 1. The first-order valence-corrected chi connectivity index (χ1v) is 6.53. The smallest absolute Gasteiger partial charge is 0.280 e. The standard InChI is InChI=1S/C13H17N5O3/c1-4-9(6-19)16-10(21-3)5-18-8-15-12-11(13(18)20)17(2)7-14-12/h6-9H,4-5H2,1-3H3/t9-/m1/s1. The van der Waals surface area contributed by atoms with E-state index in [0.29, 0.717) is 23.5 Å². The molecule has 0 aliphatic rings. The van der Waals surface area contributed by atoms with Gasteiger partial charge in [0, 0.05) is 7.05 Å². The lowest BCUT2D eigenvalue weighted by Crippen LogP contribution is -2.27. The molecule has 1 atom stereocenters. The Bertz CT molecular complexity index is 731. The summed E-state index contributed by atoms with van der Waals surface area (Å²) in [6.45, 7) is 1.97. The van der Waals surface area contributed by atoms with E-state index in [0.717, 1.165) is 6.29 Å². The van der Waals surface area contributed by atoms with Gasteiger partial charge in [-0.3, -0.25) is 9.36 Å². The van der Waals surface area contributed by atoms with Crippen molar-refractivity contribution in [1.82, 2.24) is 19.1 Å². The predicted octanol–water partition coefficient (Wildman–Crippen LogP) is 0.152. The maximum Gasteiger partial charge on any atom is 0.280 e. The lowest BCUT2D eigenvalue weighted by molar-refractivity contribution is -0.108. The SMILES string of the molecule is CC[C@H](C=O)N=C(Cn1cnc2ncn(C)c2c1=O)OC. The zero-order chi connectivity index (χ0) is 15.4. The predicted molar refractivity (Wildman–Crippen MR) is 77.4 cm³/mol. The summed E-state index contributed by atoms with van der Waals surface area (Å²) in [6, 6.07) is -0.468. The minimum atomic E-state index is -0.468. The van der Waals surface area contributed by atoms with Crippen molar-refractivity contribution in [3.05, 3.63) is 23.0 Å². The fourth-order valence-corrected chi connectivity index (χ4v) is 1.89. The van der Waals surface area contributed by atoms with Crippen LogP contribution in [0.25, 0.3) is 11.2 Å². The lowest BCUT2D eigenvalue weighted by atomic mass is 10.3. The van der Waals surface area contributed by atoms with Crippen LogP contribution < -0.4 is 5.56 Å². The van der Waals surface area contributed by atoms with Crippen molar-refractivity contribution in [2.45, 2.75) is 25.9 Å². The van der Waals surface area contributed by atoms with Crippen LogP contribution in [0.3, 0.4) is 0 Å². The first-order chi connectivity index (χ1) is 10.1. The monoisotopic (exact) mass is 291 g/mol. The number of carbonyl (C=O) groups excluding carboxylic acids is 1. The molecule has 0 unspecified atom stereocenters. The second-order valence-corrected chi connectivity index (χ2v) is 4.54. The number of imidazole rings is 1. The van der Waals surface area contributed by atoms with Crippen LogP contribution in [0.2, 0.25) is 0 Å². The normalized spacial score (nSPS) is 13.4. The van der Waals surface area contributed by atoms with Gasteiger partial charge in [0.05, 0.1) is 13.4 Å². The van der Waals surface area contributed by atoms with Crippen LogP contribution in [-0.2, 0) is 23.1 Å². The molecule has 2 rings (SSSR count). The topological polar surface area (TPSA) is 91.4 Å². The molecule has 0 bridgehead atoms. The molecule has 2 aromatic heterocycles. The van der Waals surface area contributed by atoms with Crippen molar-refractivity contribution >= 4 is 23.3 Å². The Morgan fingerprint density at radius 1 is 1.48 bits per heavy atom. The van der Waals surface area contributed by atoms with E-state index in [1.54, 1.807) is 11.6 Å². The fourth-order valence-electron chi connectivity index (χ4n) is 1.89. The summed E-state index contributed by atoms with van der Waals surface area (Å²) >= 11 is 0. The van der Waals surface area contributed by atoms with Gasteiger partial charge in [0.15, 0.2) is 11.2 Å². The zero-order valence-corrected chi connectivity index (χ0v) is 12.2. The number of nitrogens with zero attached hydrogens (tertiary/aromatic N) is 5. The third-order valence-electron chi connectivity index (χ3n) is 3.13. The molecule has 0 spiro atoms. The zero-order valence-electron chi connectivity index (χ0n) is 12.2. The summed E-state index contributed by atoms with van der Waals surface area (Å²) in [5, 5.41) is 0. The Hall–Kier alpha value is -2.51. The fraction of sp³-hybridized carbons (Fsp3) is 0.462. The molecule has 0 saturated heterocycles. The van der Waals surface area contributed by atoms with Crippen LogP contribution in [0, 0.1) is 0 Å². The van der Waals surface area contributed by atoms with Crippen molar-refractivity contribution in [2.24, 2.45) is 12.0 Å². The van der Waals surface area contributed by atoms with E-state index in [1.807, 2.05) is 6.92 Å². The third kappa shape index (κ3) is 2.99. The first kappa shape index (κ1) is 14.9. The molecular formula is C13H17N5O3. The van der Waals surface area contributed by atoms with Crippen LogP contribution in [0.4, 0.5) is 0 Å². The quantitative estimate of drug-likeness (QED) is 0.444. The van der Waals surface area contributed by atoms with Crippen LogP contribution >= 0.6 is 0 Å². The van der Waals surface area contributed by atoms with Gasteiger partial charge in [-0.25, -0.2) is 15.0 Å². The van der Waals surface area contributed by atoms with Crippen molar-refractivity contribution < 1.29 is 9.53 Å². The maximum absolute atomic E-state index is 12.4. The first-order valence-electron chi connectivity index (χ1n) is 6.53. The van der Waals surface area contributed by atoms with Crippen molar-refractivity contribution in [1.29, 1.82) is 0 Å². The number of hydrogen-bond donors (Lipinski definition) is 0. The third-order valence-corrected chi connectivity index (χ3v) is 3.13. The minimum Gasteiger partial charge on any atom is -0.483 e.